The van der Waals surface area contributed by atoms with Gasteiger partial charge in [-0.2, -0.15) is 0 Å². The predicted octanol–water partition coefficient (Wildman–Crippen LogP) is 4.18. The fraction of sp³-hybridized carbons (Fsp3) is 0.435. The molecule has 2 aromatic rings. The van der Waals surface area contributed by atoms with Crippen LogP contribution in [0, 0.1) is 5.92 Å². The maximum atomic E-state index is 12.6. The van der Waals surface area contributed by atoms with Crippen molar-refractivity contribution in [1.29, 1.82) is 0 Å². The van der Waals surface area contributed by atoms with E-state index >= 15 is 0 Å². The molecule has 7 heteroatoms. The first-order valence-corrected chi connectivity index (χ1v) is 12.2. The van der Waals surface area contributed by atoms with E-state index in [0.29, 0.717) is 11.3 Å². The summed E-state index contributed by atoms with van der Waals surface area (Å²) in [4.78, 5) is 15.0. The van der Waals surface area contributed by atoms with Crippen LogP contribution in [-0.4, -0.2) is 33.2 Å². The molecule has 162 valence electrons. The molecule has 6 nitrogen and oxygen atoms in total. The normalized spacial score (nSPS) is 16.2. The lowest BCUT2D eigenvalue weighted by Gasteiger charge is -2.32. The van der Waals surface area contributed by atoms with Crippen molar-refractivity contribution in [3.8, 4) is 0 Å². The number of piperidine rings is 1. The second-order valence-corrected chi connectivity index (χ2v) is 10.1. The van der Waals surface area contributed by atoms with Gasteiger partial charge in [0.25, 0.3) is 5.91 Å². The molecular weight excluding hydrogens is 398 g/mol. The molecule has 1 amide bonds. The molecule has 30 heavy (non-hydrogen) atoms. The Labute approximate surface area is 179 Å². The summed E-state index contributed by atoms with van der Waals surface area (Å²) in [5.74, 6) is 0.612. The van der Waals surface area contributed by atoms with Crippen molar-refractivity contribution in [2.45, 2.75) is 39.7 Å². The van der Waals surface area contributed by atoms with Crippen LogP contribution in [0.1, 0.15) is 55.6 Å². The molecule has 1 saturated heterocycles. The van der Waals surface area contributed by atoms with Gasteiger partial charge in [0.1, 0.15) is 0 Å². The van der Waals surface area contributed by atoms with E-state index in [-0.39, 0.29) is 17.7 Å². The highest BCUT2D eigenvalue weighted by Crippen LogP contribution is 2.24. The second-order valence-electron chi connectivity index (χ2n) is 8.04. The first-order chi connectivity index (χ1) is 14.3. The van der Waals surface area contributed by atoms with E-state index in [1.807, 2.05) is 6.92 Å². The number of sulfonamides is 1. The highest BCUT2D eigenvalue weighted by atomic mass is 32.2. The molecule has 2 N–H and O–H groups in total. The molecule has 0 radical (unpaired) electrons. The minimum absolute atomic E-state index is 0.00241. The highest BCUT2D eigenvalue weighted by Gasteiger charge is 2.17. The fourth-order valence-corrected chi connectivity index (χ4v) is 4.18. The van der Waals surface area contributed by atoms with E-state index in [0.717, 1.165) is 24.6 Å². The summed E-state index contributed by atoms with van der Waals surface area (Å²) >= 11 is 0. The summed E-state index contributed by atoms with van der Waals surface area (Å²) in [6, 6.07) is 14.7. The van der Waals surface area contributed by atoms with Gasteiger partial charge in [-0.3, -0.25) is 9.52 Å². The molecule has 1 atom stereocenters. The fourth-order valence-electron chi connectivity index (χ4n) is 3.55. The van der Waals surface area contributed by atoms with Gasteiger partial charge in [-0.25, -0.2) is 8.42 Å². The van der Waals surface area contributed by atoms with Gasteiger partial charge in [-0.05, 0) is 74.6 Å². The number of benzene rings is 2. The Bertz CT molecular complexity index is 948. The minimum atomic E-state index is -3.33. The van der Waals surface area contributed by atoms with Gasteiger partial charge in [0.2, 0.25) is 10.0 Å². The van der Waals surface area contributed by atoms with E-state index in [1.165, 1.54) is 18.5 Å². The third kappa shape index (κ3) is 5.75. The van der Waals surface area contributed by atoms with Crippen molar-refractivity contribution >= 4 is 27.3 Å². The Morgan fingerprint density at radius 1 is 1.07 bits per heavy atom. The van der Waals surface area contributed by atoms with Crippen LogP contribution in [0.5, 0.6) is 0 Å². The third-order valence-corrected chi connectivity index (χ3v) is 7.00. The molecule has 0 bridgehead atoms. The van der Waals surface area contributed by atoms with Gasteiger partial charge >= 0.3 is 0 Å². The molecule has 2 aromatic carbocycles. The third-order valence-electron chi connectivity index (χ3n) is 5.69. The number of amides is 1. The van der Waals surface area contributed by atoms with Crippen LogP contribution in [0.3, 0.4) is 0 Å². The van der Waals surface area contributed by atoms with Crippen molar-refractivity contribution in [2.75, 3.05) is 28.5 Å². The summed E-state index contributed by atoms with van der Waals surface area (Å²) in [5.41, 5.74) is 3.21. The quantitative estimate of drug-likeness (QED) is 0.692. The number of hydrogen-bond donors (Lipinski definition) is 2. The van der Waals surface area contributed by atoms with Gasteiger partial charge in [0, 0.05) is 30.0 Å². The molecule has 1 heterocycles. The van der Waals surface area contributed by atoms with Crippen LogP contribution in [0.4, 0.5) is 11.4 Å². The molecule has 0 unspecified atom stereocenters. The van der Waals surface area contributed by atoms with Gasteiger partial charge in [0.05, 0.1) is 11.8 Å². The Morgan fingerprint density at radius 3 is 2.23 bits per heavy atom. The smallest absolute Gasteiger partial charge is 0.251 e. The zero-order valence-electron chi connectivity index (χ0n) is 17.9. The van der Waals surface area contributed by atoms with Crippen molar-refractivity contribution < 1.29 is 13.2 Å². The van der Waals surface area contributed by atoms with Gasteiger partial charge < -0.3 is 10.2 Å². The first kappa shape index (κ1) is 22.2. The first-order valence-electron chi connectivity index (χ1n) is 10.5. The zero-order chi connectivity index (χ0) is 21.7. The van der Waals surface area contributed by atoms with E-state index in [2.05, 4.69) is 46.1 Å². The number of anilines is 2. The molecule has 1 aliphatic heterocycles. The van der Waals surface area contributed by atoms with Crippen LogP contribution in [0.15, 0.2) is 48.5 Å². The molecule has 0 aromatic heterocycles. The summed E-state index contributed by atoms with van der Waals surface area (Å²) in [7, 11) is -3.33. The summed E-state index contributed by atoms with van der Waals surface area (Å²) in [6.07, 6.45) is 2.46. The van der Waals surface area contributed by atoms with Crippen LogP contribution in [-0.2, 0) is 10.0 Å². The molecule has 0 aliphatic carbocycles. The standard InChI is InChI=1S/C23H31N3O3S/c1-4-30(28,29)25-21-9-5-20(6-10-21)23(27)24-18(3)19-7-11-22(12-8-19)26-15-13-17(2)14-16-26/h5-12,17-18,25H,4,13-16H2,1-3H3,(H,24,27)/t18-/m0/s1. The van der Waals surface area contributed by atoms with Crippen molar-refractivity contribution in [3.05, 3.63) is 59.7 Å². The Morgan fingerprint density at radius 2 is 1.67 bits per heavy atom. The Kier molecular flexibility index (Phi) is 7.02. The van der Waals surface area contributed by atoms with Gasteiger partial charge in [0.15, 0.2) is 0 Å². The molecular formula is C23H31N3O3S. The average Bonchev–Trinajstić information content (AvgIpc) is 2.74. The number of nitrogens with zero attached hydrogens (tertiary/aromatic N) is 1. The summed E-state index contributed by atoms with van der Waals surface area (Å²) in [6.45, 7) is 8.03. The van der Waals surface area contributed by atoms with Crippen LogP contribution in [0.25, 0.3) is 0 Å². The number of hydrogen-bond acceptors (Lipinski definition) is 4. The summed E-state index contributed by atoms with van der Waals surface area (Å²) in [5, 5.41) is 3.00. The van der Waals surface area contributed by atoms with E-state index < -0.39 is 10.0 Å². The van der Waals surface area contributed by atoms with Crippen LogP contribution >= 0.6 is 0 Å². The maximum Gasteiger partial charge on any atom is 0.251 e. The molecule has 0 spiro atoms. The molecule has 1 aliphatic rings. The molecule has 0 saturated carbocycles. The largest absolute Gasteiger partial charge is 0.372 e. The number of nitrogens with one attached hydrogen (secondary N) is 2. The number of carbonyl (C=O) groups excluding carboxylic acids is 1. The Balaban J connectivity index is 1.58. The lowest BCUT2D eigenvalue weighted by molar-refractivity contribution is 0.0940. The van der Waals surface area contributed by atoms with E-state index in [4.69, 9.17) is 0 Å². The van der Waals surface area contributed by atoms with Crippen molar-refractivity contribution in [3.63, 3.8) is 0 Å². The molecule has 3 rings (SSSR count). The monoisotopic (exact) mass is 429 g/mol. The Hall–Kier alpha value is -2.54. The molecule has 1 fully saturated rings. The summed E-state index contributed by atoms with van der Waals surface area (Å²) < 4.78 is 25.7. The van der Waals surface area contributed by atoms with Crippen LogP contribution < -0.4 is 14.9 Å². The topological polar surface area (TPSA) is 78.5 Å². The van der Waals surface area contributed by atoms with E-state index in [9.17, 15) is 13.2 Å². The van der Waals surface area contributed by atoms with E-state index in [1.54, 1.807) is 31.2 Å². The lowest BCUT2D eigenvalue weighted by Crippen LogP contribution is -2.32. The predicted molar refractivity (Wildman–Crippen MR) is 122 cm³/mol. The maximum absolute atomic E-state index is 12.6. The van der Waals surface area contributed by atoms with Gasteiger partial charge in [-0.15, -0.1) is 0 Å². The number of rotatable bonds is 7. The van der Waals surface area contributed by atoms with Crippen molar-refractivity contribution in [2.24, 2.45) is 5.92 Å². The van der Waals surface area contributed by atoms with Crippen LogP contribution in [0.2, 0.25) is 0 Å². The number of carbonyl (C=O) groups is 1. The van der Waals surface area contributed by atoms with Crippen molar-refractivity contribution in [1.82, 2.24) is 5.32 Å². The van der Waals surface area contributed by atoms with Gasteiger partial charge in [-0.1, -0.05) is 19.1 Å². The average molecular weight is 430 g/mol. The zero-order valence-corrected chi connectivity index (χ0v) is 18.7. The highest BCUT2D eigenvalue weighted by molar-refractivity contribution is 7.92. The SMILES string of the molecule is CCS(=O)(=O)Nc1ccc(C(=O)N[C@@H](C)c2ccc(N3CCC(C)CC3)cc2)cc1. The lowest BCUT2D eigenvalue weighted by atomic mass is 9.98. The minimum Gasteiger partial charge on any atom is -0.372 e. The second kappa shape index (κ2) is 9.51.